The molecule has 1 aromatic heterocycles. The van der Waals surface area contributed by atoms with Gasteiger partial charge in [-0.1, -0.05) is 11.8 Å². The van der Waals surface area contributed by atoms with E-state index in [0.29, 0.717) is 24.3 Å². The monoisotopic (exact) mass is 294 g/mol. The number of rotatable bonds is 6. The van der Waals surface area contributed by atoms with Crippen molar-refractivity contribution in [3.63, 3.8) is 0 Å². The molecule has 0 spiro atoms. The smallest absolute Gasteiger partial charge is 0.222 e. The molecular formula is C13H15FN4OS. The molecule has 2 aromatic rings. The van der Waals surface area contributed by atoms with E-state index in [0.717, 1.165) is 23.8 Å². The summed E-state index contributed by atoms with van der Waals surface area (Å²) in [5.41, 5.74) is 5.80. The summed E-state index contributed by atoms with van der Waals surface area (Å²) in [5, 5.41) is 8.83. The number of halogens is 1. The highest BCUT2D eigenvalue weighted by Crippen LogP contribution is 2.39. The van der Waals surface area contributed by atoms with Crippen LogP contribution in [-0.4, -0.2) is 27.1 Å². The number of aromatic nitrogens is 3. The van der Waals surface area contributed by atoms with E-state index in [4.69, 9.17) is 10.5 Å². The molecular weight excluding hydrogens is 279 g/mol. The van der Waals surface area contributed by atoms with Crippen LogP contribution in [0.5, 0.6) is 5.75 Å². The molecule has 1 aromatic carbocycles. The number of anilines is 1. The Hall–Kier alpha value is -1.76. The van der Waals surface area contributed by atoms with Gasteiger partial charge in [0.15, 0.2) is 5.16 Å². The zero-order chi connectivity index (χ0) is 13.9. The molecule has 0 amide bonds. The molecule has 1 aliphatic rings. The molecule has 106 valence electrons. The third-order valence-corrected chi connectivity index (χ3v) is 3.91. The van der Waals surface area contributed by atoms with Crippen LogP contribution in [0.15, 0.2) is 29.4 Å². The first-order valence-corrected chi connectivity index (χ1v) is 7.44. The van der Waals surface area contributed by atoms with E-state index in [2.05, 4.69) is 10.2 Å². The number of nitrogens with zero attached hydrogens (tertiary/aromatic N) is 3. The summed E-state index contributed by atoms with van der Waals surface area (Å²) in [6.07, 6.45) is 2.28. The van der Waals surface area contributed by atoms with Gasteiger partial charge in [-0.05, 0) is 37.1 Å². The predicted molar refractivity (Wildman–Crippen MR) is 75.3 cm³/mol. The van der Waals surface area contributed by atoms with E-state index < -0.39 is 0 Å². The number of nitrogens with two attached hydrogens (primary N) is 1. The summed E-state index contributed by atoms with van der Waals surface area (Å²) in [6.45, 7) is 0.522. The summed E-state index contributed by atoms with van der Waals surface area (Å²) < 4.78 is 20.3. The fraction of sp³-hybridized carbons (Fsp3) is 0.385. The number of benzene rings is 1. The van der Waals surface area contributed by atoms with Crippen LogP contribution in [0, 0.1) is 5.82 Å². The molecule has 0 aliphatic heterocycles. The Morgan fingerprint density at radius 2 is 2.05 bits per heavy atom. The molecule has 0 atom stereocenters. The first kappa shape index (κ1) is 13.2. The zero-order valence-corrected chi connectivity index (χ0v) is 11.6. The minimum absolute atomic E-state index is 0.264. The Balaban J connectivity index is 1.49. The van der Waals surface area contributed by atoms with Gasteiger partial charge in [-0.2, -0.15) is 0 Å². The fourth-order valence-corrected chi connectivity index (χ4v) is 2.72. The van der Waals surface area contributed by atoms with Gasteiger partial charge in [0.1, 0.15) is 11.6 Å². The van der Waals surface area contributed by atoms with Crippen LogP contribution in [0.2, 0.25) is 0 Å². The second kappa shape index (κ2) is 5.70. The van der Waals surface area contributed by atoms with E-state index >= 15 is 0 Å². The van der Waals surface area contributed by atoms with Crippen LogP contribution in [0.1, 0.15) is 18.9 Å². The largest absolute Gasteiger partial charge is 0.493 e. The average molecular weight is 294 g/mol. The highest BCUT2D eigenvalue weighted by atomic mass is 32.2. The Morgan fingerprint density at radius 3 is 2.75 bits per heavy atom. The molecule has 1 fully saturated rings. The lowest BCUT2D eigenvalue weighted by molar-refractivity contribution is 0.343. The molecule has 0 radical (unpaired) electrons. The maximum Gasteiger partial charge on any atom is 0.222 e. The number of hydrogen-bond acceptors (Lipinski definition) is 5. The SMILES string of the molecule is Nc1nnc(SCCOc2ccc(F)cc2)n1C1CC1. The fourth-order valence-electron chi connectivity index (χ4n) is 1.89. The summed E-state index contributed by atoms with van der Waals surface area (Å²) in [5.74, 6) is 1.62. The minimum Gasteiger partial charge on any atom is -0.493 e. The van der Waals surface area contributed by atoms with E-state index in [-0.39, 0.29) is 5.82 Å². The van der Waals surface area contributed by atoms with Crippen molar-refractivity contribution >= 4 is 17.7 Å². The lowest BCUT2D eigenvalue weighted by atomic mass is 10.3. The maximum atomic E-state index is 12.7. The Labute approximate surface area is 120 Å². The van der Waals surface area contributed by atoms with Gasteiger partial charge in [0, 0.05) is 11.8 Å². The lowest BCUT2D eigenvalue weighted by Crippen LogP contribution is -2.04. The van der Waals surface area contributed by atoms with Crippen molar-refractivity contribution in [1.29, 1.82) is 0 Å². The second-order valence-corrected chi connectivity index (χ2v) is 5.65. The Bertz CT molecular complexity index is 583. The summed E-state index contributed by atoms with van der Waals surface area (Å²) in [4.78, 5) is 0. The number of ether oxygens (including phenoxy) is 1. The Morgan fingerprint density at radius 1 is 1.30 bits per heavy atom. The van der Waals surface area contributed by atoms with Gasteiger partial charge in [-0.25, -0.2) is 4.39 Å². The second-order valence-electron chi connectivity index (χ2n) is 4.59. The predicted octanol–water partition coefficient (Wildman–Crippen LogP) is 2.51. The molecule has 0 unspecified atom stereocenters. The van der Waals surface area contributed by atoms with E-state index in [9.17, 15) is 4.39 Å². The molecule has 1 aliphatic carbocycles. The van der Waals surface area contributed by atoms with Crippen LogP contribution in [0.4, 0.5) is 10.3 Å². The highest BCUT2D eigenvalue weighted by molar-refractivity contribution is 7.99. The normalized spacial score (nSPS) is 14.4. The lowest BCUT2D eigenvalue weighted by Gasteiger charge is -2.07. The molecule has 1 saturated carbocycles. The third-order valence-electron chi connectivity index (χ3n) is 3.00. The van der Waals surface area contributed by atoms with Gasteiger partial charge in [0.25, 0.3) is 0 Å². The number of nitrogen functional groups attached to an aromatic ring is 1. The first-order chi connectivity index (χ1) is 9.74. The quantitative estimate of drug-likeness (QED) is 0.655. The van der Waals surface area contributed by atoms with Gasteiger partial charge in [-0.3, -0.25) is 4.57 Å². The van der Waals surface area contributed by atoms with Crippen molar-refractivity contribution in [3.8, 4) is 5.75 Å². The van der Waals surface area contributed by atoms with Crippen LogP contribution in [0.3, 0.4) is 0 Å². The molecule has 5 nitrogen and oxygen atoms in total. The summed E-state index contributed by atoms with van der Waals surface area (Å²) in [6, 6.07) is 6.46. The molecule has 3 rings (SSSR count). The van der Waals surface area contributed by atoms with Crippen LogP contribution >= 0.6 is 11.8 Å². The molecule has 0 saturated heterocycles. The van der Waals surface area contributed by atoms with E-state index in [1.807, 2.05) is 4.57 Å². The molecule has 2 N–H and O–H groups in total. The topological polar surface area (TPSA) is 66.0 Å². The number of hydrogen-bond donors (Lipinski definition) is 1. The van der Waals surface area contributed by atoms with Crippen LogP contribution in [-0.2, 0) is 0 Å². The van der Waals surface area contributed by atoms with Gasteiger partial charge >= 0.3 is 0 Å². The zero-order valence-electron chi connectivity index (χ0n) is 10.8. The van der Waals surface area contributed by atoms with Crippen molar-refractivity contribution < 1.29 is 9.13 Å². The van der Waals surface area contributed by atoms with Crippen molar-refractivity contribution in [2.45, 2.75) is 24.0 Å². The van der Waals surface area contributed by atoms with E-state index in [1.54, 1.807) is 23.9 Å². The van der Waals surface area contributed by atoms with Gasteiger partial charge < -0.3 is 10.5 Å². The maximum absolute atomic E-state index is 12.7. The van der Waals surface area contributed by atoms with Gasteiger partial charge in [0.2, 0.25) is 5.95 Å². The van der Waals surface area contributed by atoms with Gasteiger partial charge in [0.05, 0.1) is 6.61 Å². The third kappa shape index (κ3) is 3.04. The minimum atomic E-state index is -0.264. The van der Waals surface area contributed by atoms with Crippen molar-refractivity contribution in [1.82, 2.24) is 14.8 Å². The van der Waals surface area contributed by atoms with Crippen molar-refractivity contribution in [2.75, 3.05) is 18.1 Å². The van der Waals surface area contributed by atoms with Crippen molar-refractivity contribution in [3.05, 3.63) is 30.1 Å². The molecule has 20 heavy (non-hydrogen) atoms. The number of thioether (sulfide) groups is 1. The van der Waals surface area contributed by atoms with Crippen molar-refractivity contribution in [2.24, 2.45) is 0 Å². The standard InChI is InChI=1S/C13H15FN4OS/c14-9-1-5-11(6-2-9)19-7-8-20-13-17-16-12(15)18(13)10-3-4-10/h1-2,5-6,10H,3-4,7-8H2,(H2,15,16). The average Bonchev–Trinajstić information content (AvgIpc) is 3.21. The van der Waals surface area contributed by atoms with Crippen LogP contribution < -0.4 is 10.5 Å². The highest BCUT2D eigenvalue weighted by Gasteiger charge is 2.28. The molecule has 0 bridgehead atoms. The Kier molecular flexibility index (Phi) is 3.77. The first-order valence-electron chi connectivity index (χ1n) is 6.45. The summed E-state index contributed by atoms with van der Waals surface area (Å²) in [7, 11) is 0. The van der Waals surface area contributed by atoms with Gasteiger partial charge in [-0.15, -0.1) is 10.2 Å². The van der Waals surface area contributed by atoms with Crippen LogP contribution in [0.25, 0.3) is 0 Å². The summed E-state index contributed by atoms with van der Waals surface area (Å²) >= 11 is 1.57. The van der Waals surface area contributed by atoms with E-state index in [1.165, 1.54) is 12.1 Å². The molecule has 7 heteroatoms. The molecule has 1 heterocycles.